The normalized spacial score (nSPS) is 17.4. The lowest BCUT2D eigenvalue weighted by Crippen LogP contribution is -2.18. The van der Waals surface area contributed by atoms with Crippen LogP contribution in [0.4, 0.5) is 11.4 Å². The van der Waals surface area contributed by atoms with Gasteiger partial charge in [0.15, 0.2) is 9.84 Å². The second-order valence-corrected chi connectivity index (χ2v) is 8.05. The zero-order valence-corrected chi connectivity index (χ0v) is 12.2. The van der Waals surface area contributed by atoms with Crippen LogP contribution in [0.2, 0.25) is 0 Å². The SMILES string of the molecule is CSC1(CNc2ccc(S(C)(=O)=O)cc2N)CC1. The monoisotopic (exact) mass is 286 g/mol. The first kappa shape index (κ1) is 13.5. The minimum Gasteiger partial charge on any atom is -0.397 e. The molecule has 1 aromatic rings. The molecule has 0 aromatic heterocycles. The van der Waals surface area contributed by atoms with E-state index in [1.807, 2.05) is 11.8 Å². The van der Waals surface area contributed by atoms with Crippen molar-refractivity contribution in [2.24, 2.45) is 0 Å². The van der Waals surface area contributed by atoms with Crippen LogP contribution >= 0.6 is 11.8 Å². The lowest BCUT2D eigenvalue weighted by atomic mass is 10.2. The predicted molar refractivity (Wildman–Crippen MR) is 77.9 cm³/mol. The highest BCUT2D eigenvalue weighted by atomic mass is 32.2. The van der Waals surface area contributed by atoms with Crippen molar-refractivity contribution >= 4 is 33.0 Å². The Kier molecular flexibility index (Phi) is 3.51. The summed E-state index contributed by atoms with van der Waals surface area (Å²) in [6.07, 6.45) is 5.75. The molecule has 0 saturated heterocycles. The second-order valence-electron chi connectivity index (χ2n) is 4.76. The molecule has 1 saturated carbocycles. The molecular weight excluding hydrogens is 268 g/mol. The highest BCUT2D eigenvalue weighted by Crippen LogP contribution is 2.47. The third-order valence-electron chi connectivity index (χ3n) is 3.29. The molecule has 0 spiro atoms. The molecule has 4 nitrogen and oxygen atoms in total. The van der Waals surface area contributed by atoms with Gasteiger partial charge in [0.2, 0.25) is 0 Å². The molecule has 1 aliphatic rings. The average molecular weight is 286 g/mol. The van der Waals surface area contributed by atoms with Crippen LogP contribution in [-0.2, 0) is 9.84 Å². The van der Waals surface area contributed by atoms with Crippen molar-refractivity contribution in [1.82, 2.24) is 0 Å². The van der Waals surface area contributed by atoms with E-state index in [1.54, 1.807) is 12.1 Å². The van der Waals surface area contributed by atoms with Crippen LogP contribution < -0.4 is 11.1 Å². The smallest absolute Gasteiger partial charge is 0.175 e. The number of nitrogens with two attached hydrogens (primary N) is 1. The first-order valence-corrected chi connectivity index (χ1v) is 8.87. The summed E-state index contributed by atoms with van der Waals surface area (Å²) in [4.78, 5) is 0.261. The van der Waals surface area contributed by atoms with Gasteiger partial charge in [0.1, 0.15) is 0 Å². The Hall–Kier alpha value is -0.880. The predicted octanol–water partition coefficient (Wildman–Crippen LogP) is 1.98. The molecule has 3 N–H and O–H groups in total. The number of anilines is 2. The molecule has 100 valence electrons. The number of hydrogen-bond donors (Lipinski definition) is 2. The summed E-state index contributed by atoms with van der Waals surface area (Å²) in [6.45, 7) is 0.872. The Morgan fingerprint density at radius 2 is 2.11 bits per heavy atom. The molecule has 18 heavy (non-hydrogen) atoms. The number of benzene rings is 1. The topological polar surface area (TPSA) is 72.2 Å². The van der Waals surface area contributed by atoms with Gasteiger partial charge < -0.3 is 11.1 Å². The maximum atomic E-state index is 11.4. The molecule has 0 heterocycles. The Labute approximate surface area is 112 Å². The maximum absolute atomic E-state index is 11.4. The Morgan fingerprint density at radius 3 is 2.56 bits per heavy atom. The molecule has 0 bridgehead atoms. The Morgan fingerprint density at radius 1 is 1.44 bits per heavy atom. The van der Waals surface area contributed by atoms with Crippen LogP contribution in [0, 0.1) is 0 Å². The van der Waals surface area contributed by atoms with E-state index in [9.17, 15) is 8.42 Å². The van der Waals surface area contributed by atoms with Crippen molar-refractivity contribution in [3.8, 4) is 0 Å². The second kappa shape index (κ2) is 4.66. The molecular formula is C12H18N2O2S2. The molecule has 6 heteroatoms. The van der Waals surface area contributed by atoms with Gasteiger partial charge in [-0.3, -0.25) is 0 Å². The van der Waals surface area contributed by atoms with Gasteiger partial charge in [-0.25, -0.2) is 8.42 Å². The standard InChI is InChI=1S/C12H18N2O2S2/c1-17-12(5-6-12)8-14-11-4-3-9(7-10(11)13)18(2,15)16/h3-4,7,14H,5-6,8,13H2,1-2H3. The molecule has 0 radical (unpaired) electrons. The molecule has 0 aliphatic heterocycles. The summed E-state index contributed by atoms with van der Waals surface area (Å²) in [5.74, 6) is 0. The number of nitrogens with one attached hydrogen (secondary N) is 1. The molecule has 0 atom stereocenters. The van der Waals surface area contributed by atoms with E-state index in [1.165, 1.54) is 25.2 Å². The summed E-state index contributed by atoms with van der Waals surface area (Å²) in [6, 6.07) is 4.84. The molecule has 0 unspecified atom stereocenters. The number of sulfone groups is 1. The van der Waals surface area contributed by atoms with Gasteiger partial charge in [-0.2, -0.15) is 11.8 Å². The largest absolute Gasteiger partial charge is 0.397 e. The van der Waals surface area contributed by atoms with E-state index in [4.69, 9.17) is 5.73 Å². The van der Waals surface area contributed by atoms with Crippen LogP contribution in [0.3, 0.4) is 0 Å². The van der Waals surface area contributed by atoms with Gasteiger partial charge in [0.25, 0.3) is 0 Å². The quantitative estimate of drug-likeness (QED) is 0.810. The van der Waals surface area contributed by atoms with Crippen molar-refractivity contribution in [3.63, 3.8) is 0 Å². The van der Waals surface area contributed by atoms with Gasteiger partial charge in [0, 0.05) is 17.5 Å². The van der Waals surface area contributed by atoms with Crippen molar-refractivity contribution in [1.29, 1.82) is 0 Å². The fraction of sp³-hybridized carbons (Fsp3) is 0.500. The van der Waals surface area contributed by atoms with E-state index in [0.29, 0.717) is 10.4 Å². The van der Waals surface area contributed by atoms with Gasteiger partial charge in [-0.1, -0.05) is 0 Å². The van der Waals surface area contributed by atoms with E-state index < -0.39 is 9.84 Å². The third kappa shape index (κ3) is 2.92. The zero-order chi connectivity index (χ0) is 13.4. The van der Waals surface area contributed by atoms with Crippen LogP contribution in [0.5, 0.6) is 0 Å². The Bertz CT molecular complexity index is 551. The van der Waals surface area contributed by atoms with Crippen molar-refractivity contribution < 1.29 is 8.42 Å². The highest BCUT2D eigenvalue weighted by Gasteiger charge is 2.41. The van der Waals surface area contributed by atoms with Crippen molar-refractivity contribution in [2.75, 3.05) is 30.1 Å². The Balaban J connectivity index is 2.11. The first-order chi connectivity index (χ1) is 8.36. The molecule has 1 aliphatic carbocycles. The van der Waals surface area contributed by atoms with E-state index in [-0.39, 0.29) is 4.90 Å². The van der Waals surface area contributed by atoms with Crippen LogP contribution in [0.15, 0.2) is 23.1 Å². The molecule has 0 amide bonds. The van der Waals surface area contributed by atoms with Crippen molar-refractivity contribution in [2.45, 2.75) is 22.5 Å². The van der Waals surface area contributed by atoms with Gasteiger partial charge in [-0.15, -0.1) is 0 Å². The molecule has 2 rings (SSSR count). The molecule has 1 aromatic carbocycles. The summed E-state index contributed by atoms with van der Waals surface area (Å²) >= 11 is 1.87. The van der Waals surface area contributed by atoms with Gasteiger partial charge in [-0.05, 0) is 37.3 Å². The average Bonchev–Trinajstić information content (AvgIpc) is 3.07. The summed E-state index contributed by atoms with van der Waals surface area (Å²) in [5.41, 5.74) is 7.16. The highest BCUT2D eigenvalue weighted by molar-refractivity contribution is 8.00. The zero-order valence-electron chi connectivity index (χ0n) is 10.6. The number of rotatable bonds is 5. The van der Waals surface area contributed by atoms with Crippen molar-refractivity contribution in [3.05, 3.63) is 18.2 Å². The molecule has 1 fully saturated rings. The number of nitrogen functional groups attached to an aromatic ring is 1. The number of thioether (sulfide) groups is 1. The maximum Gasteiger partial charge on any atom is 0.175 e. The summed E-state index contributed by atoms with van der Waals surface area (Å²) in [5, 5.41) is 3.30. The van der Waals surface area contributed by atoms with E-state index in [2.05, 4.69) is 11.6 Å². The third-order valence-corrected chi connectivity index (χ3v) is 5.82. The van der Waals surface area contributed by atoms with Crippen LogP contribution in [0.25, 0.3) is 0 Å². The van der Waals surface area contributed by atoms with Gasteiger partial charge >= 0.3 is 0 Å². The first-order valence-electron chi connectivity index (χ1n) is 5.75. The minimum absolute atomic E-state index is 0.261. The van der Waals surface area contributed by atoms with Crippen LogP contribution in [-0.4, -0.2) is 32.2 Å². The van der Waals surface area contributed by atoms with Gasteiger partial charge in [0.05, 0.1) is 16.3 Å². The summed E-state index contributed by atoms with van der Waals surface area (Å²) in [7, 11) is -3.19. The summed E-state index contributed by atoms with van der Waals surface area (Å²) < 4.78 is 23.1. The minimum atomic E-state index is -3.19. The van der Waals surface area contributed by atoms with E-state index in [0.717, 1.165) is 12.2 Å². The van der Waals surface area contributed by atoms with Crippen LogP contribution in [0.1, 0.15) is 12.8 Å². The van der Waals surface area contributed by atoms with E-state index >= 15 is 0 Å². The lowest BCUT2D eigenvalue weighted by Gasteiger charge is -2.15. The fourth-order valence-electron chi connectivity index (χ4n) is 1.78. The lowest BCUT2D eigenvalue weighted by molar-refractivity contribution is 0.602. The fourth-order valence-corrected chi connectivity index (χ4v) is 3.16. The number of hydrogen-bond acceptors (Lipinski definition) is 5.